The van der Waals surface area contributed by atoms with Crippen LogP contribution in [-0.4, -0.2) is 61.0 Å². The summed E-state index contributed by atoms with van der Waals surface area (Å²) in [7, 11) is 0. The van der Waals surface area contributed by atoms with Crippen molar-refractivity contribution in [2.24, 2.45) is 11.3 Å². The molecule has 34 heavy (non-hydrogen) atoms. The van der Waals surface area contributed by atoms with Crippen molar-refractivity contribution in [2.75, 3.05) is 39.4 Å². The lowest BCUT2D eigenvalue weighted by atomic mass is 9.71. The minimum Gasteiger partial charge on any atom is -0.381 e. The van der Waals surface area contributed by atoms with E-state index in [1.807, 2.05) is 18.2 Å². The van der Waals surface area contributed by atoms with E-state index in [9.17, 15) is 14.0 Å². The van der Waals surface area contributed by atoms with Crippen molar-refractivity contribution in [1.82, 2.24) is 15.1 Å². The molecule has 3 heterocycles. The lowest BCUT2D eigenvalue weighted by molar-refractivity contribution is -0.150. The van der Waals surface area contributed by atoms with E-state index in [1.165, 1.54) is 17.7 Å². The number of carbonyl (C=O) groups is 2. The van der Waals surface area contributed by atoms with E-state index in [0.717, 1.165) is 25.9 Å². The van der Waals surface area contributed by atoms with Crippen LogP contribution in [-0.2, 0) is 20.9 Å². The van der Waals surface area contributed by atoms with Crippen LogP contribution in [0.15, 0.2) is 48.5 Å². The van der Waals surface area contributed by atoms with Crippen molar-refractivity contribution in [2.45, 2.75) is 25.4 Å². The molecule has 1 N–H and O–H groups in total. The molecule has 3 aliphatic rings. The van der Waals surface area contributed by atoms with Gasteiger partial charge in [0.15, 0.2) is 0 Å². The highest BCUT2D eigenvalue weighted by Crippen LogP contribution is 2.46. The van der Waals surface area contributed by atoms with Crippen molar-refractivity contribution < 1.29 is 18.7 Å². The van der Waals surface area contributed by atoms with Crippen molar-refractivity contribution in [1.29, 1.82) is 0 Å². The third-order valence-electron chi connectivity index (χ3n) is 7.52. The number of halogens is 2. The Labute approximate surface area is 204 Å². The number of hydrogen-bond donors (Lipinski definition) is 1. The molecule has 5 rings (SSSR count). The van der Waals surface area contributed by atoms with Gasteiger partial charge in [0.25, 0.3) is 0 Å². The van der Waals surface area contributed by atoms with Gasteiger partial charge in [-0.05, 0) is 30.5 Å². The molecule has 2 atom stereocenters. The molecule has 3 fully saturated rings. The maximum atomic E-state index is 14.8. The van der Waals surface area contributed by atoms with E-state index in [-0.39, 0.29) is 27.8 Å². The molecule has 8 heteroatoms. The lowest BCUT2D eigenvalue weighted by Crippen LogP contribution is -2.56. The summed E-state index contributed by atoms with van der Waals surface area (Å²) in [6.07, 6.45) is 1.58. The maximum Gasteiger partial charge on any atom is 0.247 e. The summed E-state index contributed by atoms with van der Waals surface area (Å²) in [5.41, 5.74) is 1.04. The van der Waals surface area contributed by atoms with Crippen molar-refractivity contribution >= 4 is 23.4 Å². The summed E-state index contributed by atoms with van der Waals surface area (Å²) in [6, 6.07) is 13.5. The number of benzene rings is 2. The topological polar surface area (TPSA) is 61.9 Å². The standard InChI is InChI=1S/C26H29ClFN3O3/c27-20-7-4-8-21(28)22(20)23-24(32)29-11-12-31(23)25(33)19-16-30(15-18-5-2-1-3-6-18)17-26(19)9-13-34-14-10-26/h1-8,19,23H,9-17H2,(H,29,32). The molecule has 180 valence electrons. The molecule has 6 nitrogen and oxygen atoms in total. The highest BCUT2D eigenvalue weighted by atomic mass is 35.5. The number of rotatable bonds is 4. The van der Waals surface area contributed by atoms with E-state index in [2.05, 4.69) is 22.3 Å². The van der Waals surface area contributed by atoms with Crippen molar-refractivity contribution in [3.63, 3.8) is 0 Å². The first kappa shape index (κ1) is 23.3. The van der Waals surface area contributed by atoms with E-state index in [0.29, 0.717) is 32.8 Å². The predicted octanol–water partition coefficient (Wildman–Crippen LogP) is 3.41. The fourth-order valence-electron chi connectivity index (χ4n) is 5.82. The smallest absolute Gasteiger partial charge is 0.247 e. The monoisotopic (exact) mass is 485 g/mol. The number of carbonyl (C=O) groups excluding carboxylic acids is 2. The average Bonchev–Trinajstić information content (AvgIpc) is 3.17. The highest BCUT2D eigenvalue weighted by Gasteiger charge is 2.53. The van der Waals surface area contributed by atoms with Gasteiger partial charge in [-0.3, -0.25) is 14.5 Å². The summed E-state index contributed by atoms with van der Waals surface area (Å²) in [6.45, 7) is 4.05. The number of amides is 2. The average molecular weight is 486 g/mol. The van der Waals surface area contributed by atoms with Gasteiger partial charge in [0, 0.05) is 61.9 Å². The molecule has 0 aromatic heterocycles. The minimum atomic E-state index is -1.07. The summed E-state index contributed by atoms with van der Waals surface area (Å²) < 4.78 is 20.5. The Bertz CT molecular complexity index is 1040. The quantitative estimate of drug-likeness (QED) is 0.721. The Balaban J connectivity index is 1.46. The Morgan fingerprint density at radius 1 is 1.15 bits per heavy atom. The van der Waals surface area contributed by atoms with Gasteiger partial charge in [-0.2, -0.15) is 0 Å². The zero-order valence-corrected chi connectivity index (χ0v) is 19.8. The molecular formula is C26H29ClFN3O3. The first-order valence-electron chi connectivity index (χ1n) is 11.8. The predicted molar refractivity (Wildman–Crippen MR) is 127 cm³/mol. The molecule has 2 aromatic carbocycles. The molecule has 3 saturated heterocycles. The summed E-state index contributed by atoms with van der Waals surface area (Å²) >= 11 is 6.33. The summed E-state index contributed by atoms with van der Waals surface area (Å²) in [4.78, 5) is 31.0. The van der Waals surface area contributed by atoms with Gasteiger partial charge in [0.05, 0.1) is 5.92 Å². The first-order chi connectivity index (χ1) is 16.5. The van der Waals surface area contributed by atoms with Crippen LogP contribution in [0.1, 0.15) is 30.0 Å². The Morgan fingerprint density at radius 2 is 1.91 bits per heavy atom. The van der Waals surface area contributed by atoms with Crippen molar-refractivity contribution in [3.8, 4) is 0 Å². The van der Waals surface area contributed by atoms with Gasteiger partial charge < -0.3 is 15.0 Å². The largest absolute Gasteiger partial charge is 0.381 e. The van der Waals surface area contributed by atoms with Crippen LogP contribution in [0.3, 0.4) is 0 Å². The molecule has 0 radical (unpaired) electrons. The molecule has 3 aliphatic heterocycles. The molecule has 0 aliphatic carbocycles. The number of likely N-dealkylation sites (tertiary alicyclic amines) is 1. The van der Waals surface area contributed by atoms with E-state index in [4.69, 9.17) is 16.3 Å². The van der Waals surface area contributed by atoms with Crippen LogP contribution in [0, 0.1) is 17.2 Å². The second-order valence-electron chi connectivity index (χ2n) is 9.54. The second-order valence-corrected chi connectivity index (χ2v) is 9.95. The number of nitrogens with one attached hydrogen (secondary N) is 1. The Kier molecular flexibility index (Phi) is 6.60. The third kappa shape index (κ3) is 4.32. The zero-order chi connectivity index (χ0) is 23.7. The zero-order valence-electron chi connectivity index (χ0n) is 19.0. The number of hydrogen-bond acceptors (Lipinski definition) is 4. The molecule has 2 unspecified atom stereocenters. The second kappa shape index (κ2) is 9.64. The molecule has 2 aromatic rings. The van der Waals surface area contributed by atoms with Gasteiger partial charge in [0.1, 0.15) is 11.9 Å². The van der Waals surface area contributed by atoms with Gasteiger partial charge in [-0.25, -0.2) is 4.39 Å². The molecule has 0 saturated carbocycles. The van der Waals surface area contributed by atoms with E-state index in [1.54, 1.807) is 11.0 Å². The molecule has 2 amide bonds. The SMILES string of the molecule is O=C1NCCN(C(=O)C2CN(Cc3ccccc3)CC23CCOCC3)C1c1c(F)cccc1Cl. The van der Waals surface area contributed by atoms with Gasteiger partial charge in [0.2, 0.25) is 11.8 Å². The molecular weight excluding hydrogens is 457 g/mol. The van der Waals surface area contributed by atoms with Crippen LogP contribution in [0.25, 0.3) is 0 Å². The maximum absolute atomic E-state index is 14.8. The van der Waals surface area contributed by atoms with Crippen LogP contribution in [0.4, 0.5) is 4.39 Å². The Morgan fingerprint density at radius 3 is 2.65 bits per heavy atom. The van der Waals surface area contributed by atoms with E-state index >= 15 is 0 Å². The Hall–Kier alpha value is -2.48. The van der Waals surface area contributed by atoms with Crippen molar-refractivity contribution in [3.05, 3.63) is 70.5 Å². The van der Waals surface area contributed by atoms with E-state index < -0.39 is 17.8 Å². The van der Waals surface area contributed by atoms with Crippen LogP contribution in [0.2, 0.25) is 5.02 Å². The third-order valence-corrected chi connectivity index (χ3v) is 7.85. The molecule has 0 bridgehead atoms. The van der Waals surface area contributed by atoms with Gasteiger partial charge >= 0.3 is 0 Å². The fourth-order valence-corrected chi connectivity index (χ4v) is 6.09. The number of piperazine rings is 1. The highest BCUT2D eigenvalue weighted by molar-refractivity contribution is 6.31. The summed E-state index contributed by atoms with van der Waals surface area (Å²) in [5, 5.41) is 2.94. The fraction of sp³-hybridized carbons (Fsp3) is 0.462. The van der Waals surface area contributed by atoms with Crippen LogP contribution >= 0.6 is 11.6 Å². The normalized spacial score (nSPS) is 24.9. The van der Waals surface area contributed by atoms with Gasteiger partial charge in [-0.1, -0.05) is 48.0 Å². The first-order valence-corrected chi connectivity index (χ1v) is 12.2. The minimum absolute atomic E-state index is 0.0647. The van der Waals surface area contributed by atoms with Crippen LogP contribution in [0.5, 0.6) is 0 Å². The van der Waals surface area contributed by atoms with Crippen LogP contribution < -0.4 is 5.32 Å². The number of nitrogens with zero attached hydrogens (tertiary/aromatic N) is 2. The number of ether oxygens (including phenoxy) is 1. The van der Waals surface area contributed by atoms with Gasteiger partial charge in [-0.15, -0.1) is 0 Å². The summed E-state index contributed by atoms with van der Waals surface area (Å²) in [5.74, 6) is -1.37. The lowest BCUT2D eigenvalue weighted by Gasteiger charge is -2.42. The molecule has 1 spiro atoms.